The molecule has 0 saturated heterocycles. The Morgan fingerprint density at radius 2 is 1.89 bits per heavy atom. The number of likely N-dealkylation sites (N-methyl/N-ethyl adjacent to an activating group) is 1. The van der Waals surface area contributed by atoms with Gasteiger partial charge in [-0.05, 0) is 24.7 Å². The molecule has 0 aliphatic carbocycles. The first kappa shape index (κ1) is 14.5. The third-order valence-electron chi connectivity index (χ3n) is 2.94. The van der Waals surface area contributed by atoms with Crippen molar-refractivity contribution in [1.29, 1.82) is 0 Å². The molecule has 0 fully saturated rings. The standard InChI is InChI=1S/C14H22N2O2/c1-14(2,10-16-13(17)9-15-3)11-5-7-12(18-4)8-6-11/h5-8,15H,9-10H2,1-4H3,(H,16,17). The van der Waals surface area contributed by atoms with Crippen molar-refractivity contribution >= 4 is 5.91 Å². The minimum Gasteiger partial charge on any atom is -0.497 e. The number of carbonyl (C=O) groups excluding carboxylic acids is 1. The van der Waals surface area contributed by atoms with Crippen LogP contribution in [0.4, 0.5) is 0 Å². The molecular formula is C14H22N2O2. The average molecular weight is 250 g/mol. The first-order valence-corrected chi connectivity index (χ1v) is 6.05. The van der Waals surface area contributed by atoms with Crippen molar-refractivity contribution in [2.24, 2.45) is 0 Å². The van der Waals surface area contributed by atoms with Crippen LogP contribution in [0.1, 0.15) is 19.4 Å². The van der Waals surface area contributed by atoms with E-state index in [1.54, 1.807) is 14.2 Å². The zero-order chi connectivity index (χ0) is 13.6. The van der Waals surface area contributed by atoms with E-state index in [1.807, 2.05) is 24.3 Å². The summed E-state index contributed by atoms with van der Waals surface area (Å²) in [4.78, 5) is 11.4. The Morgan fingerprint density at radius 3 is 2.39 bits per heavy atom. The van der Waals surface area contributed by atoms with Crippen LogP contribution in [0.25, 0.3) is 0 Å². The van der Waals surface area contributed by atoms with Crippen molar-refractivity contribution in [3.05, 3.63) is 29.8 Å². The van der Waals surface area contributed by atoms with Crippen LogP contribution in [-0.4, -0.2) is 33.2 Å². The summed E-state index contributed by atoms with van der Waals surface area (Å²) in [7, 11) is 3.41. The second-order valence-electron chi connectivity index (χ2n) is 4.92. The Hall–Kier alpha value is -1.55. The summed E-state index contributed by atoms with van der Waals surface area (Å²) in [5, 5.41) is 5.75. The van der Waals surface area contributed by atoms with E-state index in [1.165, 1.54) is 5.56 Å². The summed E-state index contributed by atoms with van der Waals surface area (Å²) in [6.45, 7) is 5.17. The molecule has 0 saturated carbocycles. The van der Waals surface area contributed by atoms with Crippen LogP contribution < -0.4 is 15.4 Å². The van der Waals surface area contributed by atoms with Crippen molar-refractivity contribution in [2.45, 2.75) is 19.3 Å². The number of amides is 1. The zero-order valence-corrected chi connectivity index (χ0v) is 11.5. The number of methoxy groups -OCH3 is 1. The summed E-state index contributed by atoms with van der Waals surface area (Å²) < 4.78 is 5.13. The Balaban J connectivity index is 2.63. The third kappa shape index (κ3) is 4.04. The average Bonchev–Trinajstić information content (AvgIpc) is 2.37. The molecule has 4 nitrogen and oxygen atoms in total. The summed E-state index contributed by atoms with van der Waals surface area (Å²) in [6.07, 6.45) is 0. The number of hydrogen-bond acceptors (Lipinski definition) is 3. The highest BCUT2D eigenvalue weighted by Crippen LogP contribution is 2.24. The summed E-state index contributed by atoms with van der Waals surface area (Å²) in [5.41, 5.74) is 1.07. The molecule has 0 aromatic heterocycles. The molecule has 1 aromatic rings. The van der Waals surface area contributed by atoms with Gasteiger partial charge in [0.05, 0.1) is 13.7 Å². The Kier molecular flexibility index (Phi) is 5.16. The van der Waals surface area contributed by atoms with Crippen molar-refractivity contribution in [3.63, 3.8) is 0 Å². The SMILES string of the molecule is CNCC(=O)NCC(C)(C)c1ccc(OC)cc1. The first-order chi connectivity index (χ1) is 8.49. The fraction of sp³-hybridized carbons (Fsp3) is 0.500. The molecule has 2 N–H and O–H groups in total. The van der Waals surface area contributed by atoms with Gasteiger partial charge in [0.2, 0.25) is 5.91 Å². The van der Waals surface area contributed by atoms with Crippen LogP contribution in [-0.2, 0) is 10.2 Å². The molecule has 1 rings (SSSR count). The molecule has 1 aromatic carbocycles. The first-order valence-electron chi connectivity index (χ1n) is 6.05. The Labute approximate surface area is 109 Å². The fourth-order valence-electron chi connectivity index (χ4n) is 1.69. The normalized spacial score (nSPS) is 11.1. The quantitative estimate of drug-likeness (QED) is 0.800. The lowest BCUT2D eigenvalue weighted by molar-refractivity contribution is -0.120. The van der Waals surface area contributed by atoms with Gasteiger partial charge in [-0.1, -0.05) is 26.0 Å². The maximum atomic E-state index is 11.4. The van der Waals surface area contributed by atoms with E-state index in [9.17, 15) is 4.79 Å². The van der Waals surface area contributed by atoms with Crippen LogP contribution >= 0.6 is 0 Å². The monoisotopic (exact) mass is 250 g/mol. The summed E-state index contributed by atoms with van der Waals surface area (Å²) >= 11 is 0. The van der Waals surface area contributed by atoms with Gasteiger partial charge in [-0.2, -0.15) is 0 Å². The molecule has 1 amide bonds. The lowest BCUT2D eigenvalue weighted by Gasteiger charge is -2.25. The topological polar surface area (TPSA) is 50.4 Å². The van der Waals surface area contributed by atoms with Gasteiger partial charge in [0, 0.05) is 12.0 Å². The smallest absolute Gasteiger partial charge is 0.233 e. The molecule has 0 heterocycles. The van der Waals surface area contributed by atoms with Crippen LogP contribution in [0, 0.1) is 0 Å². The molecule has 0 bridgehead atoms. The van der Waals surface area contributed by atoms with Gasteiger partial charge in [0.1, 0.15) is 5.75 Å². The number of rotatable bonds is 6. The molecule has 0 atom stereocenters. The highest BCUT2D eigenvalue weighted by atomic mass is 16.5. The van der Waals surface area contributed by atoms with E-state index in [0.717, 1.165) is 5.75 Å². The van der Waals surface area contributed by atoms with E-state index < -0.39 is 0 Å². The highest BCUT2D eigenvalue weighted by Gasteiger charge is 2.21. The molecule has 0 aliphatic heterocycles. The van der Waals surface area contributed by atoms with Crippen molar-refractivity contribution < 1.29 is 9.53 Å². The van der Waals surface area contributed by atoms with E-state index in [2.05, 4.69) is 24.5 Å². The van der Waals surface area contributed by atoms with Crippen molar-refractivity contribution in [1.82, 2.24) is 10.6 Å². The third-order valence-corrected chi connectivity index (χ3v) is 2.94. The number of benzene rings is 1. The molecule has 18 heavy (non-hydrogen) atoms. The molecule has 0 spiro atoms. The van der Waals surface area contributed by atoms with E-state index >= 15 is 0 Å². The molecule has 4 heteroatoms. The molecule has 0 radical (unpaired) electrons. The lowest BCUT2D eigenvalue weighted by atomic mass is 9.84. The number of hydrogen-bond donors (Lipinski definition) is 2. The Bertz CT molecular complexity index is 385. The van der Waals surface area contributed by atoms with Gasteiger partial charge in [0.15, 0.2) is 0 Å². The predicted molar refractivity (Wildman–Crippen MR) is 73.0 cm³/mol. The number of carbonyl (C=O) groups is 1. The van der Waals surface area contributed by atoms with Gasteiger partial charge in [-0.3, -0.25) is 4.79 Å². The van der Waals surface area contributed by atoms with Gasteiger partial charge in [0.25, 0.3) is 0 Å². The number of ether oxygens (including phenoxy) is 1. The minimum atomic E-state index is -0.102. The van der Waals surface area contributed by atoms with Crippen molar-refractivity contribution in [2.75, 3.05) is 27.2 Å². The number of nitrogens with one attached hydrogen (secondary N) is 2. The van der Waals surface area contributed by atoms with E-state index in [0.29, 0.717) is 13.1 Å². The second-order valence-corrected chi connectivity index (χ2v) is 4.92. The van der Waals surface area contributed by atoms with Crippen molar-refractivity contribution in [3.8, 4) is 5.75 Å². The van der Waals surface area contributed by atoms with Gasteiger partial charge in [-0.25, -0.2) is 0 Å². The maximum Gasteiger partial charge on any atom is 0.233 e. The van der Waals surface area contributed by atoms with Crippen LogP contribution in [0.3, 0.4) is 0 Å². The molecular weight excluding hydrogens is 228 g/mol. The van der Waals surface area contributed by atoms with Crippen LogP contribution in [0.15, 0.2) is 24.3 Å². The van der Waals surface area contributed by atoms with E-state index in [4.69, 9.17) is 4.74 Å². The lowest BCUT2D eigenvalue weighted by Crippen LogP contribution is -2.40. The van der Waals surface area contributed by atoms with Gasteiger partial charge >= 0.3 is 0 Å². The molecule has 0 unspecified atom stereocenters. The zero-order valence-electron chi connectivity index (χ0n) is 11.5. The Morgan fingerprint density at radius 1 is 1.28 bits per heavy atom. The minimum absolute atomic E-state index is 0.0130. The predicted octanol–water partition coefficient (Wildman–Crippen LogP) is 1.31. The van der Waals surface area contributed by atoms with Gasteiger partial charge < -0.3 is 15.4 Å². The fourth-order valence-corrected chi connectivity index (χ4v) is 1.69. The largest absolute Gasteiger partial charge is 0.497 e. The van der Waals surface area contributed by atoms with Crippen LogP contribution in [0.2, 0.25) is 0 Å². The van der Waals surface area contributed by atoms with E-state index in [-0.39, 0.29) is 11.3 Å². The maximum absolute atomic E-state index is 11.4. The summed E-state index contributed by atoms with van der Waals surface area (Å²) in [6, 6.07) is 7.94. The van der Waals surface area contributed by atoms with Crippen LogP contribution in [0.5, 0.6) is 5.75 Å². The summed E-state index contributed by atoms with van der Waals surface area (Å²) in [5.74, 6) is 0.854. The van der Waals surface area contributed by atoms with Gasteiger partial charge in [-0.15, -0.1) is 0 Å². The highest BCUT2D eigenvalue weighted by molar-refractivity contribution is 5.78. The second kappa shape index (κ2) is 6.40. The molecule has 0 aliphatic rings. The molecule has 100 valence electrons.